The minimum Gasteiger partial charge on any atom is -0.451 e. The summed E-state index contributed by atoms with van der Waals surface area (Å²) in [4.78, 5) is 15.0. The van der Waals surface area contributed by atoms with Crippen LogP contribution in [0.3, 0.4) is 0 Å². The van der Waals surface area contributed by atoms with Crippen LogP contribution in [0, 0.1) is 0 Å². The van der Waals surface area contributed by atoms with Gasteiger partial charge in [0.1, 0.15) is 18.4 Å². The molecule has 0 aromatic carbocycles. The van der Waals surface area contributed by atoms with E-state index in [4.69, 9.17) is 8.83 Å². The van der Waals surface area contributed by atoms with E-state index in [1.54, 1.807) is 12.5 Å². The van der Waals surface area contributed by atoms with Crippen molar-refractivity contribution in [3.63, 3.8) is 0 Å². The quantitative estimate of drug-likeness (QED) is 0.662. The van der Waals surface area contributed by atoms with Crippen molar-refractivity contribution in [1.82, 2.24) is 24.4 Å². The molecular formula is C14H17N5O2. The van der Waals surface area contributed by atoms with Gasteiger partial charge in [-0.1, -0.05) is 0 Å². The summed E-state index contributed by atoms with van der Waals surface area (Å²) in [5.41, 5.74) is 1.76. The molecule has 3 aromatic heterocycles. The summed E-state index contributed by atoms with van der Waals surface area (Å²) in [5.74, 6) is 1.02. The Morgan fingerprint density at radius 3 is 2.19 bits per heavy atom. The number of hydrogen-bond donors (Lipinski definition) is 0. The fraction of sp³-hybridized carbons (Fsp3) is 0.357. The summed E-state index contributed by atoms with van der Waals surface area (Å²) < 4.78 is 12.2. The third-order valence-electron chi connectivity index (χ3n) is 3.25. The van der Waals surface area contributed by atoms with Crippen molar-refractivity contribution < 1.29 is 8.83 Å². The average Bonchev–Trinajstić information content (AvgIpc) is 3.20. The molecule has 0 fully saturated rings. The fourth-order valence-electron chi connectivity index (χ4n) is 2.24. The van der Waals surface area contributed by atoms with Gasteiger partial charge in [-0.2, -0.15) is 0 Å². The van der Waals surface area contributed by atoms with Crippen molar-refractivity contribution in [3.05, 3.63) is 54.9 Å². The molecule has 7 nitrogen and oxygen atoms in total. The molecule has 0 bridgehead atoms. The Bertz CT molecular complexity index is 609. The van der Waals surface area contributed by atoms with Gasteiger partial charge in [-0.3, -0.25) is 4.90 Å². The molecule has 0 spiro atoms. The predicted molar refractivity (Wildman–Crippen MR) is 73.9 cm³/mol. The van der Waals surface area contributed by atoms with Crippen LogP contribution in [0.15, 0.2) is 46.5 Å². The van der Waals surface area contributed by atoms with Crippen molar-refractivity contribution in [3.8, 4) is 0 Å². The molecular weight excluding hydrogens is 270 g/mol. The number of imidazole rings is 1. The average molecular weight is 287 g/mol. The van der Waals surface area contributed by atoms with Gasteiger partial charge in [0.25, 0.3) is 0 Å². The van der Waals surface area contributed by atoms with Gasteiger partial charge in [-0.05, 0) is 6.92 Å². The molecule has 3 rings (SSSR count). The molecule has 0 N–H and O–H groups in total. The first-order valence-electron chi connectivity index (χ1n) is 6.81. The van der Waals surface area contributed by atoms with Gasteiger partial charge in [0.2, 0.25) is 0 Å². The highest BCUT2D eigenvalue weighted by Gasteiger charge is 2.14. The first-order chi connectivity index (χ1) is 10.3. The topological polar surface area (TPSA) is 73.1 Å². The lowest BCUT2D eigenvalue weighted by molar-refractivity contribution is 0.232. The molecule has 0 saturated heterocycles. The van der Waals surface area contributed by atoms with E-state index in [1.807, 2.05) is 12.4 Å². The van der Waals surface area contributed by atoms with Crippen LogP contribution in [-0.4, -0.2) is 24.4 Å². The predicted octanol–water partition coefficient (Wildman–Crippen LogP) is 2.08. The SMILES string of the molecule is CCn1ccnc1CN(Cc1cocn1)Cc1cocn1. The summed E-state index contributed by atoms with van der Waals surface area (Å²) in [6.45, 7) is 5.04. The zero-order valence-electron chi connectivity index (χ0n) is 11.8. The third kappa shape index (κ3) is 3.38. The molecule has 0 atom stereocenters. The molecule has 7 heteroatoms. The van der Waals surface area contributed by atoms with Crippen LogP contribution in [0.2, 0.25) is 0 Å². The Balaban J connectivity index is 1.74. The number of oxazole rings is 2. The lowest BCUT2D eigenvalue weighted by Crippen LogP contribution is -2.24. The number of rotatable bonds is 7. The second-order valence-corrected chi connectivity index (χ2v) is 4.73. The monoisotopic (exact) mass is 287 g/mol. The maximum absolute atomic E-state index is 5.04. The molecule has 0 radical (unpaired) electrons. The van der Waals surface area contributed by atoms with E-state index in [1.165, 1.54) is 12.8 Å². The smallest absolute Gasteiger partial charge is 0.180 e. The molecule has 0 unspecified atom stereocenters. The lowest BCUT2D eigenvalue weighted by Gasteiger charge is -2.20. The van der Waals surface area contributed by atoms with E-state index in [0.29, 0.717) is 19.6 Å². The highest BCUT2D eigenvalue weighted by molar-refractivity contribution is 4.98. The molecule has 21 heavy (non-hydrogen) atoms. The maximum Gasteiger partial charge on any atom is 0.180 e. The van der Waals surface area contributed by atoms with Crippen molar-refractivity contribution in [2.24, 2.45) is 0 Å². The lowest BCUT2D eigenvalue weighted by atomic mass is 10.3. The highest BCUT2D eigenvalue weighted by Crippen LogP contribution is 2.11. The minimum absolute atomic E-state index is 0.667. The fourth-order valence-corrected chi connectivity index (χ4v) is 2.24. The third-order valence-corrected chi connectivity index (χ3v) is 3.25. The van der Waals surface area contributed by atoms with Crippen LogP contribution < -0.4 is 0 Å². The molecule has 3 heterocycles. The van der Waals surface area contributed by atoms with Crippen molar-refractivity contribution in [2.45, 2.75) is 33.1 Å². The van der Waals surface area contributed by atoms with Crippen LogP contribution in [-0.2, 0) is 26.2 Å². The van der Waals surface area contributed by atoms with Gasteiger partial charge >= 0.3 is 0 Å². The molecule has 3 aromatic rings. The van der Waals surface area contributed by atoms with E-state index in [0.717, 1.165) is 23.8 Å². The van der Waals surface area contributed by atoms with Crippen LogP contribution in [0.25, 0.3) is 0 Å². The van der Waals surface area contributed by atoms with Gasteiger partial charge in [-0.25, -0.2) is 15.0 Å². The number of aromatic nitrogens is 4. The normalized spacial score (nSPS) is 11.3. The zero-order chi connectivity index (χ0) is 14.5. The number of hydrogen-bond acceptors (Lipinski definition) is 6. The Hall–Kier alpha value is -2.41. The Labute approximate surface area is 122 Å². The van der Waals surface area contributed by atoms with Crippen molar-refractivity contribution >= 4 is 0 Å². The van der Waals surface area contributed by atoms with Crippen molar-refractivity contribution in [2.75, 3.05) is 0 Å². The molecule has 0 saturated carbocycles. The number of aryl methyl sites for hydroxylation is 1. The van der Waals surface area contributed by atoms with Gasteiger partial charge < -0.3 is 13.4 Å². The Morgan fingerprint density at radius 2 is 1.67 bits per heavy atom. The van der Waals surface area contributed by atoms with Crippen LogP contribution in [0.5, 0.6) is 0 Å². The minimum atomic E-state index is 0.667. The van der Waals surface area contributed by atoms with Gasteiger partial charge in [0.15, 0.2) is 12.8 Å². The molecule has 0 aliphatic rings. The largest absolute Gasteiger partial charge is 0.451 e. The van der Waals surface area contributed by atoms with Crippen LogP contribution >= 0.6 is 0 Å². The summed E-state index contributed by atoms with van der Waals surface area (Å²) in [6.07, 6.45) is 10.0. The highest BCUT2D eigenvalue weighted by atomic mass is 16.3. The zero-order valence-corrected chi connectivity index (χ0v) is 11.8. The van der Waals surface area contributed by atoms with E-state index < -0.39 is 0 Å². The molecule has 110 valence electrons. The van der Waals surface area contributed by atoms with Gasteiger partial charge in [-0.15, -0.1) is 0 Å². The standard InChI is InChI=1S/C14H17N5O2/c1-2-19-4-3-15-14(19)7-18(5-12-8-20-10-16-12)6-13-9-21-11-17-13/h3-4,8-11H,2,5-7H2,1H3. The first-order valence-corrected chi connectivity index (χ1v) is 6.81. The Kier molecular flexibility index (Phi) is 4.11. The van der Waals surface area contributed by atoms with E-state index in [9.17, 15) is 0 Å². The Morgan fingerprint density at radius 1 is 1.00 bits per heavy atom. The first kappa shape index (κ1) is 13.6. The van der Waals surface area contributed by atoms with Crippen LogP contribution in [0.1, 0.15) is 24.1 Å². The summed E-state index contributed by atoms with van der Waals surface area (Å²) in [6, 6.07) is 0. The second-order valence-electron chi connectivity index (χ2n) is 4.73. The van der Waals surface area contributed by atoms with Gasteiger partial charge in [0, 0.05) is 32.0 Å². The van der Waals surface area contributed by atoms with E-state index in [2.05, 4.69) is 31.3 Å². The molecule has 0 aliphatic carbocycles. The maximum atomic E-state index is 5.04. The number of nitrogens with zero attached hydrogens (tertiary/aromatic N) is 5. The second kappa shape index (κ2) is 6.36. The van der Waals surface area contributed by atoms with Crippen molar-refractivity contribution in [1.29, 1.82) is 0 Å². The van der Waals surface area contributed by atoms with Crippen LogP contribution in [0.4, 0.5) is 0 Å². The summed E-state index contributed by atoms with van der Waals surface area (Å²) >= 11 is 0. The summed E-state index contributed by atoms with van der Waals surface area (Å²) in [5, 5.41) is 0. The van der Waals surface area contributed by atoms with Gasteiger partial charge in [0.05, 0.1) is 17.9 Å². The molecule has 0 amide bonds. The van der Waals surface area contributed by atoms with E-state index >= 15 is 0 Å². The van der Waals surface area contributed by atoms with E-state index in [-0.39, 0.29) is 0 Å². The molecule has 0 aliphatic heterocycles. The summed E-state index contributed by atoms with van der Waals surface area (Å²) in [7, 11) is 0.